The lowest BCUT2D eigenvalue weighted by Crippen LogP contribution is -2.48. The molecular formula is C19H22Cl2N4O2. The molecule has 1 aliphatic rings. The first-order valence-electron chi connectivity index (χ1n) is 8.37. The van der Waals surface area contributed by atoms with Gasteiger partial charge in [-0.05, 0) is 42.8 Å². The molecule has 0 atom stereocenters. The van der Waals surface area contributed by atoms with E-state index in [0.717, 1.165) is 16.7 Å². The highest BCUT2D eigenvalue weighted by atomic mass is 35.5. The van der Waals surface area contributed by atoms with Gasteiger partial charge in [-0.3, -0.25) is 4.79 Å². The standard InChI is InChI=1S/C19H20N4O2.2ClH/c1-13-5-6-17-16(11-13)21-19(25-17)23-9-7-22(8-10-23)18(24)14-3-2-4-15(20)12-14;;/h2-6,11-12H,7-10,20H2,1H3;2*1H. The van der Waals surface area contributed by atoms with E-state index in [0.29, 0.717) is 43.4 Å². The number of hydrogen-bond acceptors (Lipinski definition) is 5. The summed E-state index contributed by atoms with van der Waals surface area (Å²) in [6, 6.07) is 13.7. The highest BCUT2D eigenvalue weighted by molar-refractivity contribution is 5.95. The number of nitrogens with two attached hydrogens (primary N) is 1. The summed E-state index contributed by atoms with van der Waals surface area (Å²) in [6.07, 6.45) is 0. The summed E-state index contributed by atoms with van der Waals surface area (Å²) < 4.78 is 5.85. The Kier molecular flexibility index (Phi) is 6.57. The molecular weight excluding hydrogens is 387 g/mol. The van der Waals surface area contributed by atoms with Gasteiger partial charge < -0.3 is 20.0 Å². The number of carbonyl (C=O) groups is 1. The van der Waals surface area contributed by atoms with Crippen molar-refractivity contribution in [2.24, 2.45) is 0 Å². The molecule has 8 heteroatoms. The van der Waals surface area contributed by atoms with Crippen LogP contribution in [0, 0.1) is 6.92 Å². The van der Waals surface area contributed by atoms with Gasteiger partial charge in [-0.15, -0.1) is 24.8 Å². The molecule has 2 N–H and O–H groups in total. The number of oxazole rings is 1. The van der Waals surface area contributed by atoms with Crippen molar-refractivity contribution in [3.8, 4) is 0 Å². The van der Waals surface area contributed by atoms with Gasteiger partial charge in [0.1, 0.15) is 5.52 Å². The minimum Gasteiger partial charge on any atom is -0.423 e. The number of rotatable bonds is 2. The van der Waals surface area contributed by atoms with Gasteiger partial charge in [0, 0.05) is 37.4 Å². The van der Waals surface area contributed by atoms with Crippen LogP contribution in [0.3, 0.4) is 0 Å². The predicted octanol–water partition coefficient (Wildman–Crippen LogP) is 3.52. The fourth-order valence-corrected chi connectivity index (χ4v) is 3.12. The van der Waals surface area contributed by atoms with Gasteiger partial charge in [-0.2, -0.15) is 4.98 Å². The molecule has 1 saturated heterocycles. The molecule has 0 aliphatic carbocycles. The van der Waals surface area contributed by atoms with Crippen LogP contribution in [0.5, 0.6) is 0 Å². The van der Waals surface area contributed by atoms with Crippen LogP contribution in [0.25, 0.3) is 11.1 Å². The number of nitrogens with zero attached hydrogens (tertiary/aromatic N) is 3. The van der Waals surface area contributed by atoms with E-state index in [1.165, 1.54) is 0 Å². The second-order valence-corrected chi connectivity index (χ2v) is 6.37. The van der Waals surface area contributed by atoms with Gasteiger partial charge >= 0.3 is 0 Å². The Morgan fingerprint density at radius 2 is 1.81 bits per heavy atom. The third-order valence-electron chi connectivity index (χ3n) is 4.50. The predicted molar refractivity (Wildman–Crippen MR) is 112 cm³/mol. The summed E-state index contributed by atoms with van der Waals surface area (Å²) in [4.78, 5) is 21.1. The zero-order valence-corrected chi connectivity index (χ0v) is 16.6. The minimum atomic E-state index is 0. The minimum absolute atomic E-state index is 0. The van der Waals surface area contributed by atoms with Gasteiger partial charge in [-0.25, -0.2) is 0 Å². The molecule has 0 bridgehead atoms. The summed E-state index contributed by atoms with van der Waals surface area (Å²) in [6.45, 7) is 4.69. The maximum atomic E-state index is 12.6. The average Bonchev–Trinajstić information content (AvgIpc) is 3.04. The number of nitrogen functional groups attached to an aromatic ring is 1. The molecule has 144 valence electrons. The molecule has 4 rings (SSSR count). The first-order chi connectivity index (χ1) is 12.1. The normalized spacial score (nSPS) is 13.8. The van der Waals surface area contributed by atoms with E-state index < -0.39 is 0 Å². The summed E-state index contributed by atoms with van der Waals surface area (Å²) in [5.74, 6) is 0.0140. The van der Waals surface area contributed by atoms with Gasteiger partial charge in [-0.1, -0.05) is 12.1 Å². The Labute approximate surface area is 170 Å². The summed E-state index contributed by atoms with van der Waals surface area (Å²) in [5.41, 5.74) is 9.82. The largest absolute Gasteiger partial charge is 0.423 e. The van der Waals surface area contributed by atoms with Crippen molar-refractivity contribution in [3.63, 3.8) is 0 Å². The second kappa shape index (κ2) is 8.50. The van der Waals surface area contributed by atoms with Crippen LogP contribution in [0.1, 0.15) is 15.9 Å². The Bertz CT molecular complexity index is 936. The Balaban J connectivity index is 0.00000131. The number of benzene rings is 2. The first-order valence-corrected chi connectivity index (χ1v) is 8.37. The molecule has 0 spiro atoms. The first kappa shape index (κ1) is 20.9. The van der Waals surface area contributed by atoms with Crippen molar-refractivity contribution < 1.29 is 9.21 Å². The average molecular weight is 409 g/mol. The summed E-state index contributed by atoms with van der Waals surface area (Å²) in [5, 5.41) is 0. The molecule has 6 nitrogen and oxygen atoms in total. The number of halogens is 2. The number of carbonyl (C=O) groups excluding carboxylic acids is 1. The third-order valence-corrected chi connectivity index (χ3v) is 4.50. The van der Waals surface area contributed by atoms with Crippen LogP contribution in [-0.2, 0) is 0 Å². The molecule has 0 saturated carbocycles. The van der Waals surface area contributed by atoms with Crippen molar-refractivity contribution in [1.82, 2.24) is 9.88 Å². The van der Waals surface area contributed by atoms with E-state index >= 15 is 0 Å². The van der Waals surface area contributed by atoms with Gasteiger partial charge in [0.2, 0.25) is 0 Å². The van der Waals surface area contributed by atoms with Crippen LogP contribution >= 0.6 is 24.8 Å². The van der Waals surface area contributed by atoms with Gasteiger partial charge in [0.15, 0.2) is 5.58 Å². The van der Waals surface area contributed by atoms with Crippen molar-refractivity contribution in [1.29, 1.82) is 0 Å². The Hall–Kier alpha value is -2.44. The molecule has 27 heavy (non-hydrogen) atoms. The second-order valence-electron chi connectivity index (χ2n) is 6.37. The molecule has 1 fully saturated rings. The quantitative estimate of drug-likeness (QED) is 0.656. The number of hydrogen-bond donors (Lipinski definition) is 1. The van der Waals surface area contributed by atoms with Gasteiger partial charge in [0.25, 0.3) is 11.9 Å². The fourth-order valence-electron chi connectivity index (χ4n) is 3.12. The molecule has 1 aromatic heterocycles. The van der Waals surface area contributed by atoms with Crippen LogP contribution in [0.2, 0.25) is 0 Å². The smallest absolute Gasteiger partial charge is 0.298 e. The SMILES string of the molecule is Cc1ccc2oc(N3CCN(C(=O)c4cccc(N)c4)CC3)nc2c1.Cl.Cl. The van der Waals surface area contributed by atoms with E-state index in [4.69, 9.17) is 10.2 Å². The summed E-state index contributed by atoms with van der Waals surface area (Å²) >= 11 is 0. The van der Waals surface area contributed by atoms with Crippen LogP contribution in [0.4, 0.5) is 11.7 Å². The number of fused-ring (bicyclic) bond motifs is 1. The zero-order valence-electron chi connectivity index (χ0n) is 14.9. The topological polar surface area (TPSA) is 75.6 Å². The lowest BCUT2D eigenvalue weighted by atomic mass is 10.1. The lowest BCUT2D eigenvalue weighted by molar-refractivity contribution is 0.0745. The number of piperazine rings is 1. The molecule has 3 aromatic rings. The third kappa shape index (κ3) is 4.28. The maximum absolute atomic E-state index is 12.6. The Morgan fingerprint density at radius 3 is 2.52 bits per heavy atom. The van der Waals surface area contributed by atoms with E-state index in [9.17, 15) is 4.79 Å². The molecule has 2 aromatic carbocycles. The van der Waals surface area contributed by atoms with E-state index in [-0.39, 0.29) is 30.7 Å². The van der Waals surface area contributed by atoms with Crippen LogP contribution in [0.15, 0.2) is 46.9 Å². The van der Waals surface area contributed by atoms with Crippen molar-refractivity contribution in [2.75, 3.05) is 36.8 Å². The number of anilines is 2. The van der Waals surface area contributed by atoms with Gasteiger partial charge in [0.05, 0.1) is 0 Å². The highest BCUT2D eigenvalue weighted by Gasteiger charge is 2.24. The van der Waals surface area contributed by atoms with E-state index in [1.807, 2.05) is 30.0 Å². The van der Waals surface area contributed by atoms with Crippen molar-refractivity contribution in [2.45, 2.75) is 6.92 Å². The zero-order chi connectivity index (χ0) is 17.4. The Morgan fingerprint density at radius 1 is 1.07 bits per heavy atom. The maximum Gasteiger partial charge on any atom is 0.298 e. The van der Waals surface area contributed by atoms with Crippen molar-refractivity contribution in [3.05, 3.63) is 53.6 Å². The molecule has 0 radical (unpaired) electrons. The van der Waals surface area contributed by atoms with Crippen LogP contribution < -0.4 is 10.6 Å². The molecule has 0 unspecified atom stereocenters. The van der Waals surface area contributed by atoms with E-state index in [1.54, 1.807) is 24.3 Å². The monoisotopic (exact) mass is 408 g/mol. The summed E-state index contributed by atoms with van der Waals surface area (Å²) in [7, 11) is 0. The van der Waals surface area contributed by atoms with Crippen molar-refractivity contribution >= 4 is 53.5 Å². The number of aryl methyl sites for hydroxylation is 1. The van der Waals surface area contributed by atoms with E-state index in [2.05, 4.69) is 9.88 Å². The highest BCUT2D eigenvalue weighted by Crippen LogP contribution is 2.24. The molecule has 1 amide bonds. The lowest BCUT2D eigenvalue weighted by Gasteiger charge is -2.33. The molecule has 2 heterocycles. The number of amides is 1. The van der Waals surface area contributed by atoms with Crippen LogP contribution in [-0.4, -0.2) is 42.0 Å². The fraction of sp³-hybridized carbons (Fsp3) is 0.263. The number of aromatic nitrogens is 1. The molecule has 1 aliphatic heterocycles.